The molecule has 5 heteroatoms. The van der Waals surface area contributed by atoms with Crippen LogP contribution in [-0.4, -0.2) is 48.0 Å². The minimum Gasteiger partial charge on any atom is -0.448 e. The van der Waals surface area contributed by atoms with E-state index >= 15 is 0 Å². The van der Waals surface area contributed by atoms with Crippen molar-refractivity contribution in [3.63, 3.8) is 0 Å². The standard InChI is InChI=1S/C34H31NO4/c36-33(39-22-32-30-12-6-4-10-28(30)29-11-5-7-13-31(29)32)35-26-18-34(37,19-27(35)21-38-20-26)25-16-14-24(15-17-25)23-8-2-1-3-9-23/h1-17,26-27,32,37H,18-22H2. The maximum Gasteiger partial charge on any atom is 0.410 e. The van der Waals surface area contributed by atoms with Gasteiger partial charge in [0, 0.05) is 18.8 Å². The molecule has 5 nitrogen and oxygen atoms in total. The van der Waals surface area contributed by atoms with Gasteiger partial charge in [0.05, 0.1) is 30.9 Å². The second-order valence-corrected chi connectivity index (χ2v) is 10.9. The fourth-order valence-electron chi connectivity index (χ4n) is 6.78. The van der Waals surface area contributed by atoms with Crippen LogP contribution in [0, 0.1) is 0 Å². The fraction of sp³-hybridized carbons (Fsp3) is 0.265. The van der Waals surface area contributed by atoms with Gasteiger partial charge in [-0.3, -0.25) is 4.90 Å². The van der Waals surface area contributed by atoms with Crippen LogP contribution in [0.5, 0.6) is 0 Å². The zero-order chi connectivity index (χ0) is 26.4. The summed E-state index contributed by atoms with van der Waals surface area (Å²) >= 11 is 0. The first-order valence-corrected chi connectivity index (χ1v) is 13.7. The number of rotatable bonds is 4. The minimum absolute atomic E-state index is 0.0160. The first-order chi connectivity index (χ1) is 19.1. The van der Waals surface area contributed by atoms with E-state index in [0.717, 1.165) is 16.7 Å². The first kappa shape index (κ1) is 24.1. The number of hydrogen-bond donors (Lipinski definition) is 1. The van der Waals surface area contributed by atoms with E-state index in [1.54, 1.807) is 0 Å². The number of fused-ring (bicyclic) bond motifs is 5. The van der Waals surface area contributed by atoms with Gasteiger partial charge in [-0.1, -0.05) is 103 Å². The lowest BCUT2D eigenvalue weighted by Gasteiger charge is -2.51. The van der Waals surface area contributed by atoms with Crippen molar-refractivity contribution in [2.45, 2.75) is 36.4 Å². The summed E-state index contributed by atoms with van der Waals surface area (Å²) in [7, 11) is 0. The van der Waals surface area contributed by atoms with Gasteiger partial charge in [-0.15, -0.1) is 0 Å². The number of nitrogens with zero attached hydrogens (tertiary/aromatic N) is 1. The van der Waals surface area contributed by atoms with Gasteiger partial charge in [0.15, 0.2) is 0 Å². The summed E-state index contributed by atoms with van der Waals surface area (Å²) in [6, 6.07) is 34.6. The molecule has 3 aliphatic rings. The molecule has 2 fully saturated rings. The molecule has 2 unspecified atom stereocenters. The van der Waals surface area contributed by atoms with E-state index in [-0.39, 0.29) is 30.7 Å². The highest BCUT2D eigenvalue weighted by molar-refractivity contribution is 5.79. The Morgan fingerprint density at radius 1 is 0.769 bits per heavy atom. The Morgan fingerprint density at radius 3 is 1.92 bits per heavy atom. The van der Waals surface area contributed by atoms with Crippen molar-refractivity contribution in [2.75, 3.05) is 19.8 Å². The zero-order valence-electron chi connectivity index (χ0n) is 21.7. The fourth-order valence-corrected chi connectivity index (χ4v) is 6.78. The van der Waals surface area contributed by atoms with Gasteiger partial charge in [-0.25, -0.2) is 4.79 Å². The topological polar surface area (TPSA) is 59.0 Å². The smallest absolute Gasteiger partial charge is 0.410 e. The summed E-state index contributed by atoms with van der Waals surface area (Å²) in [6.07, 6.45) is 0.508. The van der Waals surface area contributed by atoms with Crippen molar-refractivity contribution in [2.24, 2.45) is 0 Å². The molecule has 7 rings (SSSR count). The van der Waals surface area contributed by atoms with E-state index in [2.05, 4.69) is 60.7 Å². The van der Waals surface area contributed by atoms with Gasteiger partial charge >= 0.3 is 6.09 Å². The van der Waals surface area contributed by atoms with E-state index in [0.29, 0.717) is 26.1 Å². The molecular weight excluding hydrogens is 486 g/mol. The number of benzene rings is 4. The summed E-state index contributed by atoms with van der Waals surface area (Å²) in [5.41, 5.74) is 6.93. The van der Waals surface area contributed by atoms with E-state index < -0.39 is 5.60 Å². The summed E-state index contributed by atoms with van der Waals surface area (Å²) in [6.45, 7) is 1.07. The highest BCUT2D eigenvalue weighted by atomic mass is 16.6. The lowest BCUT2D eigenvalue weighted by Crippen LogP contribution is -2.62. The summed E-state index contributed by atoms with van der Waals surface area (Å²) in [4.78, 5) is 15.3. The van der Waals surface area contributed by atoms with Crippen molar-refractivity contribution >= 4 is 6.09 Å². The number of carbonyl (C=O) groups excluding carboxylic acids is 1. The molecule has 2 saturated heterocycles. The average Bonchev–Trinajstić information content (AvgIpc) is 3.29. The van der Waals surface area contributed by atoms with Crippen LogP contribution in [0.1, 0.15) is 35.4 Å². The van der Waals surface area contributed by atoms with Gasteiger partial charge in [0.25, 0.3) is 0 Å². The molecule has 0 aromatic heterocycles. The Hall–Kier alpha value is -3.93. The monoisotopic (exact) mass is 517 g/mol. The second kappa shape index (κ2) is 9.67. The third-order valence-corrected chi connectivity index (χ3v) is 8.63. The van der Waals surface area contributed by atoms with Crippen LogP contribution in [0.25, 0.3) is 22.3 Å². The van der Waals surface area contributed by atoms with Crippen LogP contribution in [0.4, 0.5) is 4.79 Å². The van der Waals surface area contributed by atoms with Crippen molar-refractivity contribution < 1.29 is 19.4 Å². The number of hydrogen-bond acceptors (Lipinski definition) is 4. The van der Waals surface area contributed by atoms with E-state index in [1.807, 2.05) is 47.4 Å². The van der Waals surface area contributed by atoms with Gasteiger partial charge < -0.3 is 14.6 Å². The van der Waals surface area contributed by atoms with Crippen molar-refractivity contribution in [1.29, 1.82) is 0 Å². The van der Waals surface area contributed by atoms with Crippen LogP contribution >= 0.6 is 0 Å². The SMILES string of the molecule is O=C(OCC1c2ccccc2-c2ccccc21)N1C2COCC1CC(O)(c1ccc(-c3ccccc3)cc1)C2. The predicted molar refractivity (Wildman–Crippen MR) is 150 cm³/mol. The normalized spacial score (nSPS) is 23.7. The first-order valence-electron chi connectivity index (χ1n) is 13.7. The Bertz CT molecular complexity index is 1440. The molecule has 0 saturated carbocycles. The molecule has 2 atom stereocenters. The maximum absolute atomic E-state index is 13.5. The number of aliphatic hydroxyl groups is 1. The third-order valence-electron chi connectivity index (χ3n) is 8.63. The molecule has 196 valence electrons. The third kappa shape index (κ3) is 4.22. The van der Waals surface area contributed by atoms with E-state index in [4.69, 9.17) is 9.47 Å². The van der Waals surface area contributed by atoms with Crippen LogP contribution < -0.4 is 0 Å². The number of piperidine rings is 1. The summed E-state index contributed by atoms with van der Waals surface area (Å²) < 4.78 is 11.8. The van der Waals surface area contributed by atoms with Crippen LogP contribution in [-0.2, 0) is 15.1 Å². The summed E-state index contributed by atoms with van der Waals surface area (Å²) in [5, 5.41) is 11.8. The number of amides is 1. The molecule has 1 amide bonds. The molecular formula is C34H31NO4. The minimum atomic E-state index is -1.02. The lowest BCUT2D eigenvalue weighted by atomic mass is 9.76. The van der Waals surface area contributed by atoms with E-state index in [1.165, 1.54) is 22.3 Å². The van der Waals surface area contributed by atoms with E-state index in [9.17, 15) is 9.90 Å². The Labute approximate surface area is 228 Å². The molecule has 0 radical (unpaired) electrons. The molecule has 2 aliphatic heterocycles. The van der Waals surface area contributed by atoms with Crippen molar-refractivity contribution in [3.8, 4) is 22.3 Å². The number of carbonyl (C=O) groups is 1. The van der Waals surface area contributed by atoms with Gasteiger partial charge in [-0.2, -0.15) is 0 Å². The predicted octanol–water partition coefficient (Wildman–Crippen LogP) is 6.35. The molecule has 1 aliphatic carbocycles. The largest absolute Gasteiger partial charge is 0.448 e. The van der Waals surface area contributed by atoms with Crippen LogP contribution in [0.15, 0.2) is 103 Å². The molecule has 4 aromatic carbocycles. The quantitative estimate of drug-likeness (QED) is 0.343. The second-order valence-electron chi connectivity index (χ2n) is 10.9. The number of ether oxygens (including phenoxy) is 2. The molecule has 4 aromatic rings. The molecule has 2 bridgehead atoms. The van der Waals surface area contributed by atoms with Crippen molar-refractivity contribution in [3.05, 3.63) is 120 Å². The average molecular weight is 518 g/mol. The Kier molecular flexibility index (Phi) is 5.98. The Balaban J connectivity index is 1.07. The molecule has 39 heavy (non-hydrogen) atoms. The van der Waals surface area contributed by atoms with Crippen LogP contribution in [0.2, 0.25) is 0 Å². The molecule has 1 N–H and O–H groups in total. The lowest BCUT2D eigenvalue weighted by molar-refractivity contribution is -0.136. The van der Waals surface area contributed by atoms with Gasteiger partial charge in [0.2, 0.25) is 0 Å². The number of morpholine rings is 1. The zero-order valence-corrected chi connectivity index (χ0v) is 21.7. The van der Waals surface area contributed by atoms with Gasteiger partial charge in [-0.05, 0) is 38.9 Å². The van der Waals surface area contributed by atoms with Crippen LogP contribution in [0.3, 0.4) is 0 Å². The highest BCUT2D eigenvalue weighted by Gasteiger charge is 2.49. The highest BCUT2D eigenvalue weighted by Crippen LogP contribution is 2.45. The molecule has 0 spiro atoms. The molecule has 2 heterocycles. The van der Waals surface area contributed by atoms with Crippen molar-refractivity contribution in [1.82, 2.24) is 4.90 Å². The summed E-state index contributed by atoms with van der Waals surface area (Å²) in [5.74, 6) is 0.0160. The van der Waals surface area contributed by atoms with Gasteiger partial charge in [0.1, 0.15) is 6.61 Å². The maximum atomic E-state index is 13.5. The Morgan fingerprint density at radius 2 is 1.31 bits per heavy atom.